The molecule has 2 aromatic heterocycles. The second kappa shape index (κ2) is 8.53. The molecule has 1 atom stereocenters. The van der Waals surface area contributed by atoms with Gasteiger partial charge in [-0.05, 0) is 36.8 Å². The van der Waals surface area contributed by atoms with Gasteiger partial charge in [0, 0.05) is 18.0 Å². The third-order valence-corrected chi connectivity index (χ3v) is 5.04. The summed E-state index contributed by atoms with van der Waals surface area (Å²) in [4.78, 5) is 16.1. The maximum Gasteiger partial charge on any atom is 0.277 e. The molecule has 0 aliphatic rings. The van der Waals surface area contributed by atoms with E-state index >= 15 is 0 Å². The number of carbonyl (C=O) groups excluding carboxylic acids is 1. The fourth-order valence-electron chi connectivity index (χ4n) is 2.15. The van der Waals surface area contributed by atoms with Crippen LogP contribution in [-0.2, 0) is 4.79 Å². The van der Waals surface area contributed by atoms with Crippen LogP contribution < -0.4 is 5.32 Å². The van der Waals surface area contributed by atoms with E-state index < -0.39 is 0 Å². The molecule has 1 amide bonds. The molecule has 0 aliphatic carbocycles. The Morgan fingerprint density at radius 1 is 1.19 bits per heavy atom. The van der Waals surface area contributed by atoms with Crippen molar-refractivity contribution in [3.8, 4) is 11.5 Å². The van der Waals surface area contributed by atoms with Gasteiger partial charge in [-0.3, -0.25) is 9.78 Å². The number of rotatable bonds is 6. The lowest BCUT2D eigenvalue weighted by Gasteiger charge is -2.14. The highest BCUT2D eigenvalue weighted by Gasteiger charge is 2.14. The van der Waals surface area contributed by atoms with Crippen molar-refractivity contribution in [3.63, 3.8) is 0 Å². The Morgan fingerprint density at radius 2 is 1.96 bits per heavy atom. The molecule has 134 valence electrons. The van der Waals surface area contributed by atoms with Gasteiger partial charge in [0.15, 0.2) is 0 Å². The highest BCUT2D eigenvalue weighted by atomic mass is 35.5. The topological polar surface area (TPSA) is 80.9 Å². The van der Waals surface area contributed by atoms with Crippen LogP contribution in [0, 0.1) is 0 Å². The van der Waals surface area contributed by atoms with Gasteiger partial charge in [0.25, 0.3) is 5.22 Å². The maximum atomic E-state index is 12.1. The van der Waals surface area contributed by atoms with Crippen LogP contribution in [0.2, 0.25) is 10.0 Å². The standard InChI is InChI=1S/C17H14Cl2N4O2S/c1-10(12-2-3-13(18)14(19)8-12)21-15(24)9-26-17-23-22-16(25-17)11-4-6-20-7-5-11/h2-8,10H,9H2,1H3,(H,21,24). The van der Waals surface area contributed by atoms with Gasteiger partial charge in [0.05, 0.1) is 21.8 Å². The zero-order valence-corrected chi connectivity index (χ0v) is 16.0. The fourth-order valence-corrected chi connectivity index (χ4v) is 3.04. The molecule has 0 aliphatic heterocycles. The van der Waals surface area contributed by atoms with E-state index in [1.807, 2.05) is 13.0 Å². The minimum absolute atomic E-state index is 0.155. The highest BCUT2D eigenvalue weighted by molar-refractivity contribution is 7.99. The number of benzene rings is 1. The average molecular weight is 409 g/mol. The smallest absolute Gasteiger partial charge is 0.277 e. The summed E-state index contributed by atoms with van der Waals surface area (Å²) in [6, 6.07) is 8.61. The van der Waals surface area contributed by atoms with Gasteiger partial charge in [-0.2, -0.15) is 0 Å². The van der Waals surface area contributed by atoms with E-state index in [4.69, 9.17) is 27.6 Å². The average Bonchev–Trinajstić information content (AvgIpc) is 3.12. The number of nitrogens with zero attached hydrogens (tertiary/aromatic N) is 3. The van der Waals surface area contributed by atoms with Crippen LogP contribution in [0.4, 0.5) is 0 Å². The lowest BCUT2D eigenvalue weighted by molar-refractivity contribution is -0.119. The van der Waals surface area contributed by atoms with Crippen molar-refractivity contribution in [2.24, 2.45) is 0 Å². The van der Waals surface area contributed by atoms with Crippen LogP contribution >= 0.6 is 35.0 Å². The first kappa shape index (κ1) is 18.7. The molecule has 1 N–H and O–H groups in total. The fraction of sp³-hybridized carbons (Fsp3) is 0.176. The van der Waals surface area contributed by atoms with Crippen molar-refractivity contribution in [2.45, 2.75) is 18.2 Å². The Morgan fingerprint density at radius 3 is 2.69 bits per heavy atom. The van der Waals surface area contributed by atoms with Gasteiger partial charge < -0.3 is 9.73 Å². The SMILES string of the molecule is CC(NC(=O)CSc1nnc(-c2ccncc2)o1)c1ccc(Cl)c(Cl)c1. The summed E-state index contributed by atoms with van der Waals surface area (Å²) in [6.45, 7) is 1.87. The van der Waals surface area contributed by atoms with Crippen molar-refractivity contribution in [1.82, 2.24) is 20.5 Å². The van der Waals surface area contributed by atoms with E-state index in [-0.39, 0.29) is 17.7 Å². The van der Waals surface area contributed by atoms with E-state index in [1.165, 1.54) is 11.8 Å². The Hall–Kier alpha value is -2.09. The van der Waals surface area contributed by atoms with E-state index in [0.717, 1.165) is 11.1 Å². The summed E-state index contributed by atoms with van der Waals surface area (Å²) in [6.07, 6.45) is 3.29. The zero-order valence-electron chi connectivity index (χ0n) is 13.6. The van der Waals surface area contributed by atoms with Crippen molar-refractivity contribution in [3.05, 3.63) is 58.3 Å². The van der Waals surface area contributed by atoms with Crippen molar-refractivity contribution in [2.75, 3.05) is 5.75 Å². The second-order valence-corrected chi connectivity index (χ2v) is 7.10. The van der Waals surface area contributed by atoms with Gasteiger partial charge in [0.2, 0.25) is 11.8 Å². The minimum atomic E-state index is -0.201. The monoisotopic (exact) mass is 408 g/mol. The lowest BCUT2D eigenvalue weighted by Crippen LogP contribution is -2.28. The normalized spacial score (nSPS) is 12.0. The molecule has 0 saturated carbocycles. The Labute approximate surface area is 164 Å². The van der Waals surface area contributed by atoms with E-state index in [1.54, 1.807) is 36.7 Å². The predicted molar refractivity (Wildman–Crippen MR) is 101 cm³/mol. The van der Waals surface area contributed by atoms with Crippen molar-refractivity contribution >= 4 is 40.9 Å². The summed E-state index contributed by atoms with van der Waals surface area (Å²) in [5, 5.41) is 12.1. The van der Waals surface area contributed by atoms with Gasteiger partial charge in [0.1, 0.15) is 0 Å². The molecule has 1 aromatic carbocycles. The van der Waals surface area contributed by atoms with E-state index in [2.05, 4.69) is 20.5 Å². The van der Waals surface area contributed by atoms with Gasteiger partial charge in [-0.1, -0.05) is 41.0 Å². The largest absolute Gasteiger partial charge is 0.411 e. The molecule has 1 unspecified atom stereocenters. The molecule has 2 heterocycles. The summed E-state index contributed by atoms with van der Waals surface area (Å²) >= 11 is 13.1. The number of amides is 1. The molecule has 3 rings (SSSR count). The molecule has 0 spiro atoms. The number of hydrogen-bond acceptors (Lipinski definition) is 6. The van der Waals surface area contributed by atoms with Crippen LogP contribution in [0.3, 0.4) is 0 Å². The second-order valence-electron chi connectivity index (χ2n) is 5.36. The highest BCUT2D eigenvalue weighted by Crippen LogP contribution is 2.26. The Bertz CT molecular complexity index is 905. The third kappa shape index (κ3) is 4.75. The number of pyridine rings is 1. The molecular formula is C17H14Cl2N4O2S. The molecule has 26 heavy (non-hydrogen) atoms. The first-order valence-corrected chi connectivity index (χ1v) is 9.38. The molecule has 9 heteroatoms. The molecule has 3 aromatic rings. The first-order valence-electron chi connectivity index (χ1n) is 7.64. The lowest BCUT2D eigenvalue weighted by atomic mass is 10.1. The quantitative estimate of drug-likeness (QED) is 0.608. The zero-order chi connectivity index (χ0) is 18.5. The minimum Gasteiger partial charge on any atom is -0.411 e. The van der Waals surface area contributed by atoms with Crippen LogP contribution in [0.25, 0.3) is 11.5 Å². The van der Waals surface area contributed by atoms with Crippen LogP contribution in [-0.4, -0.2) is 26.8 Å². The Balaban J connectivity index is 1.54. The van der Waals surface area contributed by atoms with Gasteiger partial charge in [-0.15, -0.1) is 10.2 Å². The molecule has 0 bridgehead atoms. The van der Waals surface area contributed by atoms with Crippen molar-refractivity contribution in [1.29, 1.82) is 0 Å². The number of hydrogen-bond donors (Lipinski definition) is 1. The molecule has 0 radical (unpaired) electrons. The molecule has 6 nitrogen and oxygen atoms in total. The van der Waals surface area contributed by atoms with E-state index in [9.17, 15) is 4.79 Å². The summed E-state index contributed by atoms with van der Waals surface area (Å²) in [7, 11) is 0. The van der Waals surface area contributed by atoms with Gasteiger partial charge in [-0.25, -0.2) is 0 Å². The molecular weight excluding hydrogens is 395 g/mol. The van der Waals surface area contributed by atoms with Gasteiger partial charge >= 0.3 is 0 Å². The molecule has 0 saturated heterocycles. The van der Waals surface area contributed by atoms with Crippen LogP contribution in [0.1, 0.15) is 18.5 Å². The summed E-state index contributed by atoms with van der Waals surface area (Å²) < 4.78 is 5.54. The first-order chi connectivity index (χ1) is 12.5. The number of carbonyl (C=O) groups is 1. The van der Waals surface area contributed by atoms with Crippen molar-refractivity contribution < 1.29 is 9.21 Å². The van der Waals surface area contributed by atoms with E-state index in [0.29, 0.717) is 21.2 Å². The van der Waals surface area contributed by atoms with Crippen LogP contribution in [0.15, 0.2) is 52.4 Å². The molecule has 0 fully saturated rings. The van der Waals surface area contributed by atoms with Crippen LogP contribution in [0.5, 0.6) is 0 Å². The number of aromatic nitrogens is 3. The summed E-state index contributed by atoms with van der Waals surface area (Å²) in [5.74, 6) is 0.389. The predicted octanol–water partition coefficient (Wildman–Crippen LogP) is 4.41. The Kier molecular flexibility index (Phi) is 6.13. The number of thioether (sulfide) groups is 1. The number of halogens is 2. The number of nitrogens with one attached hydrogen (secondary N) is 1. The third-order valence-electron chi connectivity index (χ3n) is 3.48. The summed E-state index contributed by atoms with van der Waals surface area (Å²) in [5.41, 5.74) is 1.65. The maximum absolute atomic E-state index is 12.1.